The summed E-state index contributed by atoms with van der Waals surface area (Å²) in [4.78, 5) is 1.45. The smallest absolute Gasteiger partial charge is 0.0388 e. The van der Waals surface area contributed by atoms with Crippen molar-refractivity contribution in [2.45, 2.75) is 59.5 Å². The molecular formula is C15H27NS. The molecule has 0 aliphatic rings. The lowest BCUT2D eigenvalue weighted by molar-refractivity contribution is 0.337. The van der Waals surface area contributed by atoms with E-state index >= 15 is 0 Å². The standard InChI is InChI=1S/C15H27NS/c1-11(2)9-14(10-12(3)4)16-13(5)15-7-6-8-17-15/h6-8,11-14,16H,9-10H2,1-5H3/t13-/m1/s1. The summed E-state index contributed by atoms with van der Waals surface area (Å²) >= 11 is 1.85. The van der Waals surface area contributed by atoms with Crippen LogP contribution in [0.2, 0.25) is 0 Å². The second kappa shape index (κ2) is 7.17. The third-order valence-corrected chi connectivity index (χ3v) is 4.02. The first-order valence-electron chi connectivity index (χ1n) is 6.78. The highest BCUT2D eigenvalue weighted by Crippen LogP contribution is 2.22. The summed E-state index contributed by atoms with van der Waals surface area (Å²) in [5.41, 5.74) is 0. The third kappa shape index (κ3) is 5.69. The van der Waals surface area contributed by atoms with Gasteiger partial charge in [-0.3, -0.25) is 0 Å². The molecule has 0 aliphatic carbocycles. The maximum absolute atomic E-state index is 3.79. The maximum Gasteiger partial charge on any atom is 0.0388 e. The molecule has 1 aromatic rings. The van der Waals surface area contributed by atoms with E-state index in [0.717, 1.165) is 11.8 Å². The van der Waals surface area contributed by atoms with Crippen LogP contribution in [0.15, 0.2) is 17.5 Å². The van der Waals surface area contributed by atoms with E-state index in [1.807, 2.05) is 11.3 Å². The molecule has 0 unspecified atom stereocenters. The van der Waals surface area contributed by atoms with Crippen molar-refractivity contribution >= 4 is 11.3 Å². The molecule has 0 radical (unpaired) electrons. The Hall–Kier alpha value is -0.340. The Morgan fingerprint density at radius 2 is 1.65 bits per heavy atom. The van der Waals surface area contributed by atoms with Gasteiger partial charge in [-0.1, -0.05) is 33.8 Å². The van der Waals surface area contributed by atoms with Gasteiger partial charge < -0.3 is 5.32 Å². The van der Waals surface area contributed by atoms with Gasteiger partial charge in [0.2, 0.25) is 0 Å². The number of thiophene rings is 1. The van der Waals surface area contributed by atoms with Crippen LogP contribution in [0.4, 0.5) is 0 Å². The fraction of sp³-hybridized carbons (Fsp3) is 0.733. The van der Waals surface area contributed by atoms with Gasteiger partial charge >= 0.3 is 0 Å². The van der Waals surface area contributed by atoms with Gasteiger partial charge in [0, 0.05) is 17.0 Å². The van der Waals surface area contributed by atoms with Gasteiger partial charge in [-0.05, 0) is 43.0 Å². The van der Waals surface area contributed by atoms with E-state index in [0.29, 0.717) is 12.1 Å². The van der Waals surface area contributed by atoms with Crippen molar-refractivity contribution in [1.82, 2.24) is 5.32 Å². The summed E-state index contributed by atoms with van der Waals surface area (Å²) in [5, 5.41) is 5.95. The van der Waals surface area contributed by atoms with Crippen molar-refractivity contribution < 1.29 is 0 Å². The SMILES string of the molecule is CC(C)CC(CC(C)C)N[C@H](C)c1cccs1. The summed E-state index contributed by atoms with van der Waals surface area (Å²) in [6, 6.07) is 5.49. The monoisotopic (exact) mass is 253 g/mol. The Balaban J connectivity index is 2.52. The number of nitrogens with one attached hydrogen (secondary N) is 1. The Morgan fingerprint density at radius 3 is 2.06 bits per heavy atom. The molecular weight excluding hydrogens is 226 g/mol. The van der Waals surface area contributed by atoms with Crippen molar-refractivity contribution in [3.8, 4) is 0 Å². The molecule has 1 heterocycles. The highest BCUT2D eigenvalue weighted by atomic mass is 32.1. The normalized spacial score (nSPS) is 13.9. The van der Waals surface area contributed by atoms with Crippen molar-refractivity contribution in [3.05, 3.63) is 22.4 Å². The Morgan fingerprint density at radius 1 is 1.06 bits per heavy atom. The molecule has 0 amide bonds. The Labute approximate surface area is 111 Å². The van der Waals surface area contributed by atoms with Gasteiger partial charge in [0.05, 0.1) is 0 Å². The maximum atomic E-state index is 3.79. The minimum absolute atomic E-state index is 0.484. The molecule has 0 aromatic carbocycles. The Bertz CT molecular complexity index is 280. The molecule has 0 spiro atoms. The summed E-state index contributed by atoms with van der Waals surface area (Å²) in [6.07, 6.45) is 2.54. The van der Waals surface area contributed by atoms with Crippen molar-refractivity contribution in [2.24, 2.45) is 11.8 Å². The minimum atomic E-state index is 0.484. The topological polar surface area (TPSA) is 12.0 Å². The predicted molar refractivity (Wildman–Crippen MR) is 78.6 cm³/mol. The van der Waals surface area contributed by atoms with Crippen molar-refractivity contribution in [1.29, 1.82) is 0 Å². The second-order valence-corrected chi connectivity index (χ2v) is 6.84. The summed E-state index contributed by atoms with van der Waals surface area (Å²) in [7, 11) is 0. The quantitative estimate of drug-likeness (QED) is 0.732. The highest BCUT2D eigenvalue weighted by Gasteiger charge is 2.16. The number of rotatable bonds is 7. The summed E-state index contributed by atoms with van der Waals surface area (Å²) in [6.45, 7) is 11.5. The lowest BCUT2D eigenvalue weighted by atomic mass is 9.95. The molecule has 1 atom stereocenters. The van der Waals surface area contributed by atoms with Crippen LogP contribution in [0.3, 0.4) is 0 Å². The lowest BCUT2D eigenvalue weighted by Crippen LogP contribution is -2.33. The van der Waals surface area contributed by atoms with Crippen LogP contribution < -0.4 is 5.32 Å². The molecule has 2 heteroatoms. The number of hydrogen-bond acceptors (Lipinski definition) is 2. The third-order valence-electron chi connectivity index (χ3n) is 2.97. The van der Waals surface area contributed by atoms with Crippen LogP contribution >= 0.6 is 11.3 Å². The van der Waals surface area contributed by atoms with Crippen LogP contribution in [-0.2, 0) is 0 Å². The van der Waals surface area contributed by atoms with E-state index in [1.54, 1.807) is 0 Å². The van der Waals surface area contributed by atoms with Gasteiger partial charge in [-0.2, -0.15) is 0 Å². The first kappa shape index (κ1) is 14.7. The minimum Gasteiger partial charge on any atom is -0.307 e. The first-order chi connectivity index (χ1) is 7.99. The fourth-order valence-corrected chi connectivity index (χ4v) is 3.09. The van der Waals surface area contributed by atoms with Crippen LogP contribution in [0.5, 0.6) is 0 Å². The molecule has 98 valence electrons. The molecule has 0 saturated heterocycles. The molecule has 0 saturated carbocycles. The van der Waals surface area contributed by atoms with Crippen molar-refractivity contribution in [3.63, 3.8) is 0 Å². The Kier molecular flexibility index (Phi) is 6.21. The first-order valence-corrected chi connectivity index (χ1v) is 7.66. The van der Waals surface area contributed by atoms with E-state index in [1.165, 1.54) is 17.7 Å². The predicted octanol–water partition coefficient (Wildman–Crippen LogP) is 4.86. The van der Waals surface area contributed by atoms with Gasteiger partial charge in [0.15, 0.2) is 0 Å². The molecule has 1 nitrogen and oxygen atoms in total. The molecule has 0 bridgehead atoms. The largest absolute Gasteiger partial charge is 0.307 e. The van der Waals surface area contributed by atoms with Gasteiger partial charge in [-0.15, -0.1) is 11.3 Å². The average Bonchev–Trinajstić information content (AvgIpc) is 2.67. The number of hydrogen-bond donors (Lipinski definition) is 1. The average molecular weight is 253 g/mol. The summed E-state index contributed by atoms with van der Waals surface area (Å²) in [5.74, 6) is 1.53. The van der Waals surface area contributed by atoms with E-state index in [9.17, 15) is 0 Å². The van der Waals surface area contributed by atoms with Crippen LogP contribution in [0.1, 0.15) is 58.4 Å². The molecule has 1 N–H and O–H groups in total. The fourth-order valence-electron chi connectivity index (χ4n) is 2.34. The molecule has 0 aliphatic heterocycles. The van der Waals surface area contributed by atoms with E-state index in [-0.39, 0.29) is 0 Å². The highest BCUT2D eigenvalue weighted by molar-refractivity contribution is 7.10. The van der Waals surface area contributed by atoms with E-state index < -0.39 is 0 Å². The van der Waals surface area contributed by atoms with Crippen LogP contribution in [0.25, 0.3) is 0 Å². The van der Waals surface area contributed by atoms with Crippen LogP contribution in [-0.4, -0.2) is 6.04 Å². The van der Waals surface area contributed by atoms with Crippen LogP contribution in [0, 0.1) is 11.8 Å². The zero-order valence-corrected chi connectivity index (χ0v) is 12.7. The van der Waals surface area contributed by atoms with E-state index in [2.05, 4.69) is 57.4 Å². The second-order valence-electron chi connectivity index (χ2n) is 5.86. The van der Waals surface area contributed by atoms with Crippen molar-refractivity contribution in [2.75, 3.05) is 0 Å². The zero-order chi connectivity index (χ0) is 12.8. The van der Waals surface area contributed by atoms with Gasteiger partial charge in [-0.25, -0.2) is 0 Å². The molecule has 1 rings (SSSR count). The summed E-state index contributed by atoms with van der Waals surface area (Å²) < 4.78 is 0. The molecule has 1 aromatic heterocycles. The van der Waals surface area contributed by atoms with E-state index in [4.69, 9.17) is 0 Å². The van der Waals surface area contributed by atoms with Gasteiger partial charge in [0.1, 0.15) is 0 Å². The van der Waals surface area contributed by atoms with Gasteiger partial charge in [0.25, 0.3) is 0 Å². The molecule has 17 heavy (non-hydrogen) atoms. The lowest BCUT2D eigenvalue weighted by Gasteiger charge is -2.26. The molecule has 0 fully saturated rings. The zero-order valence-electron chi connectivity index (χ0n) is 11.9.